The second-order valence-electron chi connectivity index (χ2n) is 11.9. The number of nitrogens with zero attached hydrogens (tertiary/aromatic N) is 4. The highest BCUT2D eigenvalue weighted by atomic mass is 32.2. The molecular weight excluding hydrogens is 566 g/mol. The number of carbonyl (C=O) groups excluding carboxylic acids is 2. The number of aryl methyl sites for hydroxylation is 1. The molecule has 2 aliphatic rings. The van der Waals surface area contributed by atoms with E-state index in [1.807, 2.05) is 37.4 Å². The van der Waals surface area contributed by atoms with Gasteiger partial charge in [0.1, 0.15) is 11.9 Å². The Morgan fingerprint density at radius 1 is 1.07 bits per heavy atom. The number of aromatic nitrogens is 2. The monoisotopic (exact) mass is 607 g/mol. The minimum absolute atomic E-state index is 0.0303. The van der Waals surface area contributed by atoms with Crippen molar-refractivity contribution in [3.05, 3.63) is 66.9 Å². The van der Waals surface area contributed by atoms with Crippen LogP contribution in [0.1, 0.15) is 39.5 Å². The Kier molecular flexibility index (Phi) is 9.22. The molecule has 1 aromatic heterocycles. The third kappa shape index (κ3) is 6.94. The lowest BCUT2D eigenvalue weighted by Gasteiger charge is -2.44. The summed E-state index contributed by atoms with van der Waals surface area (Å²) in [5.41, 5.74) is 0.889. The number of hydrogen-bond donors (Lipinski definition) is 1. The standard InChI is InChI=1S/C32H41N5O5S/c1-22(2)36(4)25-15-16-28(24(19-25)21-43(40,41)26-13-9-6-10-14-26)37-18-17-27(31(37)38)33-32(39)42-29-20-35(3)30(34-29)23-11-7-5-8-12-23/h5-14,20,22,24-25,27-28H,15-19,21H2,1-4H3,(H,33,39)/t24-,25+,27-,28-/m0/s1. The van der Waals surface area contributed by atoms with Gasteiger partial charge in [-0.15, -0.1) is 0 Å². The molecule has 230 valence electrons. The largest absolute Gasteiger partial charge is 0.414 e. The highest BCUT2D eigenvalue weighted by molar-refractivity contribution is 7.91. The Morgan fingerprint density at radius 2 is 1.74 bits per heavy atom. The normalized spacial score (nSPS) is 22.7. The molecule has 11 heteroatoms. The maximum absolute atomic E-state index is 13.6. The molecule has 0 radical (unpaired) electrons. The van der Waals surface area contributed by atoms with Crippen molar-refractivity contribution < 1.29 is 22.7 Å². The smallest absolute Gasteiger partial charge is 0.390 e. The molecule has 43 heavy (non-hydrogen) atoms. The lowest BCUT2D eigenvalue weighted by atomic mass is 9.81. The minimum Gasteiger partial charge on any atom is -0.390 e. The van der Waals surface area contributed by atoms with Gasteiger partial charge >= 0.3 is 6.09 Å². The van der Waals surface area contributed by atoms with Gasteiger partial charge in [-0.05, 0) is 64.6 Å². The summed E-state index contributed by atoms with van der Waals surface area (Å²) in [7, 11) is 0.346. The van der Waals surface area contributed by atoms with E-state index >= 15 is 0 Å². The van der Waals surface area contributed by atoms with Crippen LogP contribution in [0.3, 0.4) is 0 Å². The number of rotatable bonds is 9. The fraction of sp³-hybridized carbons (Fsp3) is 0.469. The number of sulfone groups is 1. The Hall–Kier alpha value is -3.70. The van der Waals surface area contributed by atoms with Crippen molar-refractivity contribution >= 4 is 21.8 Å². The third-order valence-corrected chi connectivity index (χ3v) is 10.7. The second kappa shape index (κ2) is 12.9. The molecule has 10 nitrogen and oxygen atoms in total. The number of imidazole rings is 1. The van der Waals surface area contributed by atoms with Crippen LogP contribution in [0.25, 0.3) is 11.4 Å². The maximum atomic E-state index is 13.6. The zero-order valence-corrected chi connectivity index (χ0v) is 26.0. The number of nitrogens with one attached hydrogen (secondary N) is 1. The van der Waals surface area contributed by atoms with Crippen molar-refractivity contribution in [2.24, 2.45) is 13.0 Å². The van der Waals surface area contributed by atoms with Crippen LogP contribution in [0.15, 0.2) is 71.8 Å². The van der Waals surface area contributed by atoms with E-state index in [4.69, 9.17) is 4.74 Å². The van der Waals surface area contributed by atoms with Gasteiger partial charge in [-0.1, -0.05) is 48.5 Å². The number of amides is 2. The molecule has 2 amide bonds. The lowest BCUT2D eigenvalue weighted by Crippen LogP contribution is -2.53. The molecule has 1 saturated carbocycles. The van der Waals surface area contributed by atoms with Crippen molar-refractivity contribution in [2.75, 3.05) is 19.3 Å². The van der Waals surface area contributed by atoms with Crippen LogP contribution in [0.4, 0.5) is 4.79 Å². The maximum Gasteiger partial charge on any atom is 0.414 e. The van der Waals surface area contributed by atoms with Gasteiger partial charge in [0.25, 0.3) is 0 Å². The summed E-state index contributed by atoms with van der Waals surface area (Å²) < 4.78 is 34.1. The predicted molar refractivity (Wildman–Crippen MR) is 164 cm³/mol. The molecule has 1 saturated heterocycles. The molecule has 4 atom stereocenters. The Labute approximate surface area is 254 Å². The van der Waals surface area contributed by atoms with E-state index in [1.165, 1.54) is 0 Å². The first-order valence-electron chi connectivity index (χ1n) is 14.9. The number of benzene rings is 2. The molecule has 0 unspecified atom stereocenters. The summed E-state index contributed by atoms with van der Waals surface area (Å²) in [5.74, 6) is 0.328. The average molecular weight is 608 g/mol. The molecule has 0 bridgehead atoms. The van der Waals surface area contributed by atoms with Gasteiger partial charge in [0, 0.05) is 37.3 Å². The van der Waals surface area contributed by atoms with Gasteiger partial charge in [-0.3, -0.25) is 4.79 Å². The molecule has 1 N–H and O–H groups in total. The first-order chi connectivity index (χ1) is 20.5. The van der Waals surface area contributed by atoms with E-state index in [0.29, 0.717) is 42.6 Å². The van der Waals surface area contributed by atoms with E-state index < -0.39 is 22.0 Å². The average Bonchev–Trinajstić information content (AvgIpc) is 3.54. The van der Waals surface area contributed by atoms with Crippen molar-refractivity contribution in [1.29, 1.82) is 0 Å². The third-order valence-electron chi connectivity index (χ3n) is 8.86. The van der Waals surface area contributed by atoms with Crippen LogP contribution in [0, 0.1) is 5.92 Å². The van der Waals surface area contributed by atoms with Crippen LogP contribution in [-0.2, 0) is 21.7 Å². The quantitative estimate of drug-likeness (QED) is 0.389. The van der Waals surface area contributed by atoms with E-state index in [1.54, 1.807) is 46.0 Å². The summed E-state index contributed by atoms with van der Waals surface area (Å²) in [6.45, 7) is 4.71. The first kappa shape index (κ1) is 30.7. The Morgan fingerprint density at radius 3 is 2.42 bits per heavy atom. The molecule has 2 fully saturated rings. The van der Waals surface area contributed by atoms with E-state index in [9.17, 15) is 18.0 Å². The highest BCUT2D eigenvalue weighted by Gasteiger charge is 2.44. The number of likely N-dealkylation sites (tertiary alicyclic amines) is 1. The van der Waals surface area contributed by atoms with Crippen LogP contribution < -0.4 is 10.1 Å². The van der Waals surface area contributed by atoms with Crippen molar-refractivity contribution in [3.63, 3.8) is 0 Å². The molecule has 1 aliphatic carbocycles. The molecule has 2 aromatic carbocycles. The molecule has 1 aliphatic heterocycles. The number of ether oxygens (including phenoxy) is 1. The predicted octanol–water partition coefficient (Wildman–Crippen LogP) is 4.13. The summed E-state index contributed by atoms with van der Waals surface area (Å²) >= 11 is 0. The lowest BCUT2D eigenvalue weighted by molar-refractivity contribution is -0.133. The van der Waals surface area contributed by atoms with E-state index in [-0.39, 0.29) is 35.5 Å². The number of hydrogen-bond acceptors (Lipinski definition) is 7. The molecule has 5 rings (SSSR count). The molecular formula is C32H41N5O5S. The van der Waals surface area contributed by atoms with Crippen LogP contribution in [0.2, 0.25) is 0 Å². The van der Waals surface area contributed by atoms with Crippen molar-refractivity contribution in [2.45, 2.75) is 68.6 Å². The summed E-state index contributed by atoms with van der Waals surface area (Å²) in [5, 5.41) is 2.72. The van der Waals surface area contributed by atoms with Crippen molar-refractivity contribution in [1.82, 2.24) is 24.7 Å². The molecule has 0 spiro atoms. The first-order valence-corrected chi connectivity index (χ1v) is 16.6. The fourth-order valence-electron chi connectivity index (χ4n) is 6.39. The second-order valence-corrected chi connectivity index (χ2v) is 14.0. The van der Waals surface area contributed by atoms with Crippen molar-refractivity contribution in [3.8, 4) is 17.3 Å². The summed E-state index contributed by atoms with van der Waals surface area (Å²) in [4.78, 5) is 35.2. The fourth-order valence-corrected chi connectivity index (χ4v) is 8.07. The molecule has 2 heterocycles. The summed E-state index contributed by atoms with van der Waals surface area (Å²) in [6.07, 6.45) is 3.55. The minimum atomic E-state index is -3.55. The van der Waals surface area contributed by atoms with Gasteiger partial charge in [-0.2, -0.15) is 4.98 Å². The SMILES string of the molecule is CC(C)N(C)[C@@H]1CC[C@H](N2CC[C@H](NC(=O)Oc3cn(C)c(-c4ccccc4)n3)C2=O)[C@H](CS(=O)(=O)c2ccccc2)C1. The van der Waals surface area contributed by atoms with Crippen LogP contribution >= 0.6 is 0 Å². The summed E-state index contributed by atoms with van der Waals surface area (Å²) in [6, 6.07) is 17.7. The van der Waals surface area contributed by atoms with Gasteiger partial charge in [0.05, 0.1) is 16.8 Å². The van der Waals surface area contributed by atoms with E-state index in [2.05, 4.69) is 36.1 Å². The zero-order valence-electron chi connectivity index (χ0n) is 25.2. The van der Waals surface area contributed by atoms with Crippen LogP contribution in [0.5, 0.6) is 5.88 Å². The van der Waals surface area contributed by atoms with Gasteiger partial charge in [0.2, 0.25) is 11.8 Å². The van der Waals surface area contributed by atoms with Gasteiger partial charge < -0.3 is 24.4 Å². The number of carbonyl (C=O) groups is 2. The van der Waals surface area contributed by atoms with Crippen LogP contribution in [-0.4, -0.2) is 83.3 Å². The Balaban J connectivity index is 1.27. The Bertz CT molecular complexity index is 1530. The topological polar surface area (TPSA) is 114 Å². The highest BCUT2D eigenvalue weighted by Crippen LogP contribution is 2.36. The van der Waals surface area contributed by atoms with E-state index in [0.717, 1.165) is 12.0 Å². The molecule has 3 aromatic rings. The van der Waals surface area contributed by atoms with Gasteiger partial charge in [0.15, 0.2) is 9.84 Å². The van der Waals surface area contributed by atoms with Gasteiger partial charge in [-0.25, -0.2) is 13.2 Å². The zero-order chi connectivity index (χ0) is 30.7.